The van der Waals surface area contributed by atoms with E-state index in [4.69, 9.17) is 9.47 Å². The Hall–Kier alpha value is -4.74. The van der Waals surface area contributed by atoms with Gasteiger partial charge < -0.3 is 50.5 Å². The summed E-state index contributed by atoms with van der Waals surface area (Å²) >= 11 is 0. The van der Waals surface area contributed by atoms with Gasteiger partial charge >= 0.3 is 5.97 Å². The lowest BCUT2D eigenvalue weighted by atomic mass is 10.1. The standard InChI is InChI=1S/C24H24N10O11/c35-1-7-12(37)15(40)22(44-7)33-4-27-9-17(25-3-26-19(9)33)30-18-11(14(39)24(42)43)32-6-29-20-10(21(32)31-18)28-5-34(20)23-16(41)13(38)8(2-36)45-23/h3-8,12-13,15-16,22-23,35-38,40-41H,1-2H2,(H,42,43)(H,25,26,30)/t7-,8-,12-,13-,15-,16-,22-,23-/m1/s1. The number of carboxylic acids is 1. The molecule has 8 N–H and O–H groups in total. The second-order valence-electron chi connectivity index (χ2n) is 10.3. The summed E-state index contributed by atoms with van der Waals surface area (Å²) in [5.41, 5.74) is -0.0607. The Kier molecular flexibility index (Phi) is 6.90. The number of Topliss-reactive ketones (excluding diaryl/α,β-unsaturated/α-hetero) is 1. The third kappa shape index (κ3) is 4.32. The highest BCUT2D eigenvalue weighted by atomic mass is 16.6. The van der Waals surface area contributed by atoms with E-state index in [-0.39, 0.29) is 39.6 Å². The van der Waals surface area contributed by atoms with Crippen molar-refractivity contribution in [2.45, 2.75) is 49.1 Å². The van der Waals surface area contributed by atoms with Crippen LogP contribution in [0.1, 0.15) is 22.9 Å². The highest BCUT2D eigenvalue weighted by Crippen LogP contribution is 2.35. The summed E-state index contributed by atoms with van der Waals surface area (Å²) < 4.78 is 14.9. The third-order valence-corrected chi connectivity index (χ3v) is 7.77. The number of carbonyl (C=O) groups excluding carboxylic acids is 1. The molecule has 0 spiro atoms. The first-order chi connectivity index (χ1) is 21.6. The molecule has 0 saturated carbocycles. The molecule has 21 nitrogen and oxygen atoms in total. The van der Waals surface area contributed by atoms with Crippen molar-refractivity contribution >= 4 is 51.4 Å². The number of carboxylic acid groups (broad SMARTS) is 1. The smallest absolute Gasteiger partial charge is 0.379 e. The molecule has 2 aliphatic rings. The van der Waals surface area contributed by atoms with Crippen LogP contribution in [0, 0.1) is 0 Å². The number of nitrogens with zero attached hydrogens (tertiary/aromatic N) is 9. The van der Waals surface area contributed by atoms with E-state index in [9.17, 15) is 45.3 Å². The topological polar surface area (TPSA) is 298 Å². The molecule has 236 valence electrons. The van der Waals surface area contributed by atoms with Crippen LogP contribution in [0.3, 0.4) is 0 Å². The summed E-state index contributed by atoms with van der Waals surface area (Å²) in [7, 11) is 0. The molecule has 2 saturated heterocycles. The third-order valence-electron chi connectivity index (χ3n) is 7.77. The summed E-state index contributed by atoms with van der Waals surface area (Å²) in [5.74, 6) is -3.42. The zero-order chi connectivity index (χ0) is 31.7. The van der Waals surface area contributed by atoms with Crippen LogP contribution in [0.2, 0.25) is 0 Å². The molecule has 0 unspecified atom stereocenters. The predicted octanol–water partition coefficient (Wildman–Crippen LogP) is -3.55. The lowest BCUT2D eigenvalue weighted by molar-refractivity contribution is -0.131. The molecule has 5 aromatic rings. The van der Waals surface area contributed by atoms with Gasteiger partial charge in [-0.05, 0) is 0 Å². The van der Waals surface area contributed by atoms with Gasteiger partial charge in [0.2, 0.25) is 0 Å². The van der Waals surface area contributed by atoms with Crippen molar-refractivity contribution in [2.75, 3.05) is 18.5 Å². The molecule has 45 heavy (non-hydrogen) atoms. The van der Waals surface area contributed by atoms with E-state index in [2.05, 4.69) is 35.2 Å². The Morgan fingerprint density at radius 3 is 1.87 bits per heavy atom. The maximum Gasteiger partial charge on any atom is 0.379 e. The molecular weight excluding hydrogens is 604 g/mol. The number of aliphatic carboxylic acids is 1. The van der Waals surface area contributed by atoms with Crippen LogP contribution >= 0.6 is 0 Å². The maximum atomic E-state index is 12.9. The summed E-state index contributed by atoms with van der Waals surface area (Å²) in [6, 6.07) is 0. The number of carbonyl (C=O) groups is 2. The van der Waals surface area contributed by atoms with E-state index in [0.717, 1.165) is 17.1 Å². The second-order valence-corrected chi connectivity index (χ2v) is 10.3. The van der Waals surface area contributed by atoms with Crippen LogP contribution in [-0.2, 0) is 14.3 Å². The van der Waals surface area contributed by atoms with Gasteiger partial charge in [-0.2, -0.15) is 0 Å². The monoisotopic (exact) mass is 628 g/mol. The molecule has 7 heterocycles. The van der Waals surface area contributed by atoms with E-state index in [1.54, 1.807) is 0 Å². The van der Waals surface area contributed by atoms with Gasteiger partial charge in [0.25, 0.3) is 5.78 Å². The minimum absolute atomic E-state index is 0.0140. The predicted molar refractivity (Wildman–Crippen MR) is 143 cm³/mol. The Balaban J connectivity index is 1.31. The first-order valence-corrected chi connectivity index (χ1v) is 13.3. The van der Waals surface area contributed by atoms with Crippen molar-refractivity contribution in [1.82, 2.24) is 43.4 Å². The summed E-state index contributed by atoms with van der Waals surface area (Å²) in [4.78, 5) is 50.3. The normalized spacial score (nSPS) is 28.5. The van der Waals surface area contributed by atoms with Gasteiger partial charge in [-0.1, -0.05) is 0 Å². The fourth-order valence-electron chi connectivity index (χ4n) is 5.52. The molecule has 0 radical (unpaired) electrons. The average Bonchev–Trinajstić information content (AvgIpc) is 3.84. The van der Waals surface area contributed by atoms with Crippen molar-refractivity contribution < 1.29 is 54.8 Å². The number of aliphatic hydroxyl groups excluding tert-OH is 6. The van der Waals surface area contributed by atoms with Crippen LogP contribution in [0.5, 0.6) is 0 Å². The van der Waals surface area contributed by atoms with E-state index in [0.29, 0.717) is 0 Å². The van der Waals surface area contributed by atoms with Crippen molar-refractivity contribution in [3.8, 4) is 0 Å². The number of aliphatic hydroxyl groups is 6. The van der Waals surface area contributed by atoms with Crippen LogP contribution in [0.4, 0.5) is 11.6 Å². The second kappa shape index (κ2) is 10.7. The van der Waals surface area contributed by atoms with Crippen LogP contribution in [0.25, 0.3) is 28.0 Å². The summed E-state index contributed by atoms with van der Waals surface area (Å²) in [5, 5.41) is 72.6. The van der Waals surface area contributed by atoms with Gasteiger partial charge in [0, 0.05) is 0 Å². The number of nitrogens with one attached hydrogen (secondary N) is 1. The first kappa shape index (κ1) is 29.0. The average molecular weight is 629 g/mol. The Morgan fingerprint density at radius 1 is 0.733 bits per heavy atom. The van der Waals surface area contributed by atoms with Crippen molar-refractivity contribution in [3.05, 3.63) is 31.0 Å². The molecule has 0 bridgehead atoms. The van der Waals surface area contributed by atoms with Crippen LogP contribution in [-0.4, -0.2) is 141 Å². The number of ketones is 1. The van der Waals surface area contributed by atoms with Crippen LogP contribution < -0.4 is 5.32 Å². The molecule has 0 aliphatic carbocycles. The number of aromatic nitrogens is 9. The Labute approximate surface area is 248 Å². The van der Waals surface area contributed by atoms with Crippen LogP contribution in [0.15, 0.2) is 25.3 Å². The van der Waals surface area contributed by atoms with E-state index >= 15 is 0 Å². The molecule has 2 aliphatic heterocycles. The van der Waals surface area contributed by atoms with Gasteiger partial charge in [0.15, 0.2) is 52.1 Å². The SMILES string of the molecule is O=C(O)C(=O)c1c(Nc2ncnc3c2ncn3[C@@H]2O[C@H](CO)[C@@H](O)[C@H]2O)nc2c3ncn([C@@H]4O[C@H](CO)[C@@H](O)[C@H]4O)c3ncn12. The molecule has 0 amide bonds. The molecule has 21 heteroatoms. The zero-order valence-electron chi connectivity index (χ0n) is 22.6. The quantitative estimate of drug-likeness (QED) is 0.0609. The maximum absolute atomic E-state index is 12.9. The van der Waals surface area contributed by atoms with Crippen molar-refractivity contribution in [1.29, 1.82) is 0 Å². The lowest BCUT2D eigenvalue weighted by Gasteiger charge is -2.16. The highest BCUT2D eigenvalue weighted by Gasteiger charge is 2.45. The number of imidazole rings is 3. The largest absolute Gasteiger partial charge is 0.475 e. The van der Waals surface area contributed by atoms with Crippen molar-refractivity contribution in [3.63, 3.8) is 0 Å². The number of hydrogen-bond donors (Lipinski definition) is 8. The lowest BCUT2D eigenvalue weighted by Crippen LogP contribution is -2.33. The molecule has 5 aromatic heterocycles. The van der Waals surface area contributed by atoms with Gasteiger partial charge in [-0.3, -0.25) is 18.3 Å². The fraction of sp³-hybridized carbons (Fsp3) is 0.417. The number of hydrogen-bond acceptors (Lipinski definition) is 17. The first-order valence-electron chi connectivity index (χ1n) is 13.3. The number of ether oxygens (including phenoxy) is 2. The van der Waals surface area contributed by atoms with E-state index in [1.165, 1.54) is 21.8 Å². The van der Waals surface area contributed by atoms with Gasteiger partial charge in [0.05, 0.1) is 25.9 Å². The number of anilines is 2. The molecule has 0 aromatic carbocycles. The van der Waals surface area contributed by atoms with Crippen molar-refractivity contribution in [2.24, 2.45) is 0 Å². The minimum Gasteiger partial charge on any atom is -0.475 e. The summed E-state index contributed by atoms with van der Waals surface area (Å²) in [6.07, 6.45) is -5.32. The summed E-state index contributed by atoms with van der Waals surface area (Å²) in [6.45, 7) is -1.10. The highest BCUT2D eigenvalue weighted by molar-refractivity contribution is 6.40. The molecule has 2 fully saturated rings. The molecular formula is C24H24N10O11. The molecule has 7 rings (SSSR count). The molecule has 8 atom stereocenters. The van der Waals surface area contributed by atoms with Gasteiger partial charge in [-0.15, -0.1) is 0 Å². The number of rotatable bonds is 8. The van der Waals surface area contributed by atoms with E-state index < -0.39 is 79.7 Å². The fourth-order valence-corrected chi connectivity index (χ4v) is 5.52. The Bertz CT molecular complexity index is 1960. The minimum atomic E-state index is -1.79. The van der Waals surface area contributed by atoms with E-state index in [1.807, 2.05) is 0 Å². The van der Waals surface area contributed by atoms with Gasteiger partial charge in [0.1, 0.15) is 55.0 Å². The zero-order valence-corrected chi connectivity index (χ0v) is 22.6. The Morgan fingerprint density at radius 2 is 1.31 bits per heavy atom. The van der Waals surface area contributed by atoms with Gasteiger partial charge in [-0.25, -0.2) is 34.7 Å². The number of fused-ring (bicyclic) bond motifs is 4.